The molecule has 5 N–H and O–H groups in total. The number of fused-ring (bicyclic) bond motifs is 8. The molecule has 0 unspecified atom stereocenters. The number of aliphatic carboxylic acids is 1. The number of allylic oxidation sites excluding steroid dienone is 12. The van der Waals surface area contributed by atoms with Crippen LogP contribution < -0.4 is 15.1 Å². The summed E-state index contributed by atoms with van der Waals surface area (Å²) in [5.74, 6) is -2.20. The summed E-state index contributed by atoms with van der Waals surface area (Å²) in [6.45, 7) is 17.6. The summed E-state index contributed by atoms with van der Waals surface area (Å²) >= 11 is 0. The maximum atomic E-state index is 13.6. The van der Waals surface area contributed by atoms with Crippen molar-refractivity contribution in [1.29, 1.82) is 0 Å². The van der Waals surface area contributed by atoms with Crippen LogP contribution in [0.5, 0.6) is 0 Å². The van der Waals surface area contributed by atoms with E-state index in [4.69, 9.17) is 25.3 Å². The highest BCUT2D eigenvalue weighted by atomic mass is 32.2. The highest BCUT2D eigenvalue weighted by Crippen LogP contribution is 2.53. The number of carbonyl (C=O) groups is 2. The van der Waals surface area contributed by atoms with E-state index in [0.717, 1.165) is 62.1 Å². The number of carboxylic acids is 1. The minimum atomic E-state index is -4.60. The van der Waals surface area contributed by atoms with Gasteiger partial charge in [-0.25, -0.2) is 16.8 Å². The van der Waals surface area contributed by atoms with Crippen LogP contribution in [0, 0.1) is 0 Å². The van der Waals surface area contributed by atoms with Gasteiger partial charge >= 0.3 is 27.2 Å². The second kappa shape index (κ2) is 35.8. The lowest BCUT2D eigenvalue weighted by atomic mass is 9.79. The number of anilines is 2. The predicted molar refractivity (Wildman–Crippen MR) is 424 cm³/mol. The second-order valence-corrected chi connectivity index (χ2v) is 37.5. The van der Waals surface area contributed by atoms with Gasteiger partial charge in [-0.3, -0.25) is 23.2 Å². The summed E-state index contributed by atoms with van der Waals surface area (Å²) in [5, 5.41) is 14.2. The van der Waals surface area contributed by atoms with Gasteiger partial charge < -0.3 is 29.3 Å². The lowest BCUT2D eigenvalue weighted by molar-refractivity contribution is -0.438. The van der Waals surface area contributed by atoms with E-state index in [1.807, 2.05) is 156 Å². The Morgan fingerprint density at radius 3 is 1.50 bits per heavy atom. The Morgan fingerprint density at radius 2 is 0.947 bits per heavy atom. The fraction of sp³-hybridized carbons (Fsp3) is 0.377. The minimum Gasteiger partial charge on any atom is -0.748 e. The van der Waals surface area contributed by atoms with E-state index < -0.39 is 111 Å². The van der Waals surface area contributed by atoms with Crippen LogP contribution >= 0.6 is 0 Å². The molecule has 0 fully saturated rings. The molecule has 0 bridgehead atoms. The maximum absolute atomic E-state index is 13.6. The Morgan fingerprint density at radius 1 is 0.469 bits per heavy atom. The van der Waals surface area contributed by atoms with Crippen molar-refractivity contribution in [3.8, 4) is 0 Å². The van der Waals surface area contributed by atoms with Gasteiger partial charge in [0.25, 0.3) is 30.4 Å². The topological polar surface area (TPSA) is 459 Å². The lowest BCUT2D eigenvalue weighted by Gasteiger charge is -2.27. The highest BCUT2D eigenvalue weighted by Gasteiger charge is 2.48. The van der Waals surface area contributed by atoms with Crippen LogP contribution in [-0.4, -0.2) is 165 Å². The van der Waals surface area contributed by atoms with Gasteiger partial charge in [0.2, 0.25) is 17.3 Å². The molecule has 113 heavy (non-hydrogen) atoms. The van der Waals surface area contributed by atoms with E-state index >= 15 is 0 Å². The molecule has 0 saturated carbocycles. The van der Waals surface area contributed by atoms with E-state index in [2.05, 4.69) is 14.8 Å². The summed E-state index contributed by atoms with van der Waals surface area (Å²) in [6, 6.07) is 26.6. The molecular formula is C77H89N5O24S7. The zero-order chi connectivity index (χ0) is 83.8. The van der Waals surface area contributed by atoms with Crippen molar-refractivity contribution in [2.75, 3.05) is 47.5 Å². The number of hydrogen-bond acceptors (Lipinski definition) is 22. The van der Waals surface area contributed by atoms with Crippen molar-refractivity contribution in [2.24, 2.45) is 0 Å². The number of rotatable bonds is 31. The first kappa shape index (κ1) is 89.5. The van der Waals surface area contributed by atoms with Gasteiger partial charge in [-0.15, -0.1) is 25.3 Å². The summed E-state index contributed by atoms with van der Waals surface area (Å²) in [5.41, 5.74) is 7.58. The first-order valence-electron chi connectivity index (χ1n) is 35.7. The lowest BCUT2D eigenvalue weighted by Crippen LogP contribution is -2.28. The third kappa shape index (κ3) is 21.7. The van der Waals surface area contributed by atoms with E-state index in [0.29, 0.717) is 84.4 Å². The zero-order valence-electron chi connectivity index (χ0n) is 63.1. The fourth-order valence-corrected chi connectivity index (χ4v) is 18.4. The quantitative estimate of drug-likeness (QED) is 0.0117. The normalized spacial score (nSPS) is 17.0. The van der Waals surface area contributed by atoms with Gasteiger partial charge in [-0.2, -0.15) is 34.4 Å². The summed E-state index contributed by atoms with van der Waals surface area (Å²) in [7, 11) is -29.0. The Kier molecular flexibility index (Phi) is 28.3. The number of carboxylic acid groups (broad SMARTS) is 1. The summed E-state index contributed by atoms with van der Waals surface area (Å²) in [6.07, 6.45) is 22.9. The maximum Gasteiger partial charge on any atom is 0.425 e. The Hall–Kier alpha value is -9.05. The van der Waals surface area contributed by atoms with Crippen LogP contribution in [0.25, 0.3) is 21.5 Å². The van der Waals surface area contributed by atoms with Crippen LogP contribution in [0.15, 0.2) is 184 Å². The molecule has 608 valence electrons. The first-order chi connectivity index (χ1) is 52.5. The van der Waals surface area contributed by atoms with Crippen molar-refractivity contribution >= 4 is 139 Å². The van der Waals surface area contributed by atoms with Gasteiger partial charge in [0.1, 0.15) is 22.9 Å². The van der Waals surface area contributed by atoms with Gasteiger partial charge in [-0.05, 0) is 142 Å². The molecular weight excluding hydrogens is 1600 g/mol. The average molecular weight is 1690 g/mol. The Labute approximate surface area is 661 Å². The second-order valence-electron chi connectivity index (χ2n) is 29.5. The number of carbonyl (C=O) groups excluding carboxylic acids is 1. The third-order valence-corrected chi connectivity index (χ3v) is 24.7. The van der Waals surface area contributed by atoms with Crippen LogP contribution in [0.1, 0.15) is 147 Å². The van der Waals surface area contributed by atoms with E-state index in [1.165, 1.54) is 24.3 Å². The Balaban J connectivity index is 0.00000191. The van der Waals surface area contributed by atoms with Crippen LogP contribution in [0.4, 0.5) is 22.7 Å². The molecule has 0 spiro atoms. The third-order valence-electron chi connectivity index (χ3n) is 20.4. The molecule has 6 aromatic carbocycles. The number of unbranched alkanes of at least 4 members (excludes halogenated alkanes) is 4. The van der Waals surface area contributed by atoms with Gasteiger partial charge in [-0.1, -0.05) is 113 Å². The Bertz CT molecular complexity index is 5860. The number of nitrogens with zero attached hydrogens (tertiary/aromatic N) is 4. The molecule has 0 aliphatic carbocycles. The monoisotopic (exact) mass is 1690 g/mol. The predicted octanol–water partition coefficient (Wildman–Crippen LogP) is 10.5. The molecule has 4 aliphatic heterocycles. The van der Waals surface area contributed by atoms with Crippen molar-refractivity contribution < 1.29 is 114 Å². The van der Waals surface area contributed by atoms with Crippen molar-refractivity contribution in [2.45, 2.75) is 162 Å². The van der Waals surface area contributed by atoms with Crippen LogP contribution in [-0.2, 0) is 110 Å². The SMILES string of the molecule is CC1(C)C(=CC=CC=CC2=[N+](CCCCCC(=O)O)c3ccc(S(=O)(=O)O)cc3C2(C)C)N(CCCS(=O)(=O)[O-])c2ccc(CNC(=O)CCCCCN3/C(=C/C=C/C=C/C4=[N+](CCCS(=O)(=O)[O-])c5ccc6c(S(=O)(=O)O)cccc6c5C4(C)C)C(C)(C)c4c3ccc3c(S(=O)(=O)O)cccc43)cc21.O=S(=O)=O.O=S(=O)=O. The molecule has 4 heterocycles. The van der Waals surface area contributed by atoms with Gasteiger partial charge in [0.15, 0.2) is 11.4 Å². The largest absolute Gasteiger partial charge is 0.748 e. The molecule has 1 amide bonds. The van der Waals surface area contributed by atoms with Crippen molar-refractivity contribution in [3.05, 3.63) is 197 Å². The standard InChI is InChI=1S/C77H89N5O18S5.2O3S/c1-74(2)58-49-52(35-39-60(58)80(45-23-47-101(86,87)88)66(74)29-13-9-14-30-67-75(3,4)59-50-53(103(92,93)94)36-40-61(59)79(67)43-20-12-18-34-71(84)85)51-78-70(83)33-17-11-19-44-81-62-41-37-54-56(25-21-27-64(54)104(95,96)97)72(62)76(5,6)68(81)31-15-10-16-32-69-77(7,8)73-57-26-22-28-65(105(98,99)100)55(57)38-42-63(73)82(69)46-24-48-102(89,90)91;2*1-4(2)3/h9-10,13-16,21-22,25-32,35-42,49-50H,11-12,17-20,23-24,33-34,43-48,51H2,1-8H3,(H5-2,78,83,84,85,86,87,88,89,90,91,92,93,94,95,96,97,98,99,100);;. The van der Waals surface area contributed by atoms with Crippen molar-refractivity contribution in [3.63, 3.8) is 0 Å². The number of nitrogens with one attached hydrogen (secondary N) is 1. The molecule has 0 radical (unpaired) electrons. The zero-order valence-corrected chi connectivity index (χ0v) is 68.8. The smallest absolute Gasteiger partial charge is 0.425 e. The summed E-state index contributed by atoms with van der Waals surface area (Å²) in [4.78, 5) is 28.3. The van der Waals surface area contributed by atoms with E-state index in [9.17, 15) is 79.5 Å². The average Bonchev–Trinajstić information content (AvgIpc) is 1.60. The van der Waals surface area contributed by atoms with E-state index in [1.54, 1.807) is 42.5 Å². The van der Waals surface area contributed by atoms with Crippen molar-refractivity contribution in [1.82, 2.24) is 5.32 Å². The first-order valence-corrected chi connectivity index (χ1v) is 45.2. The number of benzene rings is 6. The molecule has 10 rings (SSSR count). The molecule has 6 aromatic rings. The van der Waals surface area contributed by atoms with Crippen LogP contribution in [0.2, 0.25) is 0 Å². The van der Waals surface area contributed by atoms with Crippen LogP contribution in [0.3, 0.4) is 0 Å². The van der Waals surface area contributed by atoms with Gasteiger partial charge in [0.05, 0.1) is 36.0 Å². The highest BCUT2D eigenvalue weighted by molar-refractivity contribution is 7.87. The minimum absolute atomic E-state index is 0.00744. The molecule has 36 heteroatoms. The fourth-order valence-electron chi connectivity index (χ4n) is 15.5. The van der Waals surface area contributed by atoms with Gasteiger partial charge in [0, 0.05) is 137 Å². The molecule has 0 aromatic heterocycles. The molecule has 29 nitrogen and oxygen atoms in total. The van der Waals surface area contributed by atoms with E-state index in [-0.39, 0.29) is 65.9 Å². The molecule has 4 aliphatic rings. The number of hydrogen-bond donors (Lipinski definition) is 5. The molecule has 0 atom stereocenters. The summed E-state index contributed by atoms with van der Waals surface area (Å²) < 4.78 is 231. The molecule has 0 saturated heterocycles. The number of amides is 1.